The molecule has 0 aliphatic rings. The molecule has 0 aliphatic heterocycles. The molecule has 0 spiro atoms. The van der Waals surface area contributed by atoms with Crippen LogP contribution in [0.25, 0.3) is 0 Å². The van der Waals surface area contributed by atoms with Crippen LogP contribution in [0.2, 0.25) is 0 Å². The molecule has 3 aromatic carbocycles. The number of rotatable bonds is 7. The molecule has 0 radical (unpaired) electrons. The van der Waals surface area contributed by atoms with E-state index in [1.54, 1.807) is 36.4 Å². The zero-order chi connectivity index (χ0) is 17.5. The summed E-state index contributed by atoms with van der Waals surface area (Å²) in [6, 6.07) is 23.9. The van der Waals surface area contributed by atoms with Crippen molar-refractivity contribution >= 4 is 17.8 Å². The summed E-state index contributed by atoms with van der Waals surface area (Å²) in [4.78, 5) is 12.4. The van der Waals surface area contributed by atoms with Crippen LogP contribution in [0.4, 0.5) is 0 Å². The van der Waals surface area contributed by atoms with Gasteiger partial charge < -0.3 is 9.29 Å². The van der Waals surface area contributed by atoms with Crippen LogP contribution in [0.3, 0.4) is 0 Å². The van der Waals surface area contributed by atoms with Gasteiger partial charge in [0.05, 0.1) is 17.6 Å². The van der Waals surface area contributed by atoms with Crippen molar-refractivity contribution in [3.05, 3.63) is 95.6 Å². The molecule has 4 heteroatoms. The predicted octanol–water partition coefficient (Wildman–Crippen LogP) is 4.89. The van der Waals surface area contributed by atoms with Gasteiger partial charge in [-0.15, -0.1) is 0 Å². The van der Waals surface area contributed by atoms with Gasteiger partial charge in [-0.05, 0) is 24.1 Å². The SMILES string of the molecule is O=C(c1ccccc1)c1ccc(OSCCc2ccccc2)cc1O. The second-order valence-corrected chi connectivity index (χ2v) is 6.33. The summed E-state index contributed by atoms with van der Waals surface area (Å²) >= 11 is 1.32. The molecular formula is C21H18O3S. The Kier molecular flexibility index (Phi) is 5.75. The summed E-state index contributed by atoms with van der Waals surface area (Å²) in [5, 5.41) is 10.1. The maximum absolute atomic E-state index is 12.4. The molecule has 0 saturated heterocycles. The molecule has 3 rings (SSSR count). The van der Waals surface area contributed by atoms with Crippen LogP contribution in [-0.4, -0.2) is 16.6 Å². The Morgan fingerprint density at radius 1 is 0.920 bits per heavy atom. The zero-order valence-corrected chi connectivity index (χ0v) is 14.4. The van der Waals surface area contributed by atoms with Crippen LogP contribution in [0.15, 0.2) is 78.9 Å². The third-order valence-electron chi connectivity index (χ3n) is 3.72. The Bertz CT molecular complexity index is 832. The van der Waals surface area contributed by atoms with Crippen LogP contribution in [0.1, 0.15) is 21.5 Å². The van der Waals surface area contributed by atoms with E-state index >= 15 is 0 Å². The first-order chi connectivity index (χ1) is 12.2. The van der Waals surface area contributed by atoms with E-state index in [0.29, 0.717) is 11.3 Å². The van der Waals surface area contributed by atoms with Crippen molar-refractivity contribution < 1.29 is 14.1 Å². The van der Waals surface area contributed by atoms with Gasteiger partial charge in [0, 0.05) is 17.4 Å². The molecule has 3 nitrogen and oxygen atoms in total. The quantitative estimate of drug-likeness (QED) is 0.374. The van der Waals surface area contributed by atoms with E-state index in [1.165, 1.54) is 23.7 Å². The lowest BCUT2D eigenvalue weighted by atomic mass is 10.0. The molecule has 0 aromatic heterocycles. The topological polar surface area (TPSA) is 46.5 Å². The van der Waals surface area contributed by atoms with Crippen molar-refractivity contribution in [3.63, 3.8) is 0 Å². The molecule has 0 atom stereocenters. The maximum Gasteiger partial charge on any atom is 0.196 e. The number of hydrogen-bond donors (Lipinski definition) is 1. The second-order valence-electron chi connectivity index (χ2n) is 5.52. The average Bonchev–Trinajstić information content (AvgIpc) is 2.66. The second kappa shape index (κ2) is 8.40. The fourth-order valence-corrected chi connectivity index (χ4v) is 3.06. The van der Waals surface area contributed by atoms with E-state index in [0.717, 1.165) is 12.2 Å². The number of hydrogen-bond acceptors (Lipinski definition) is 4. The van der Waals surface area contributed by atoms with Gasteiger partial charge in [0.2, 0.25) is 0 Å². The van der Waals surface area contributed by atoms with Crippen molar-refractivity contribution in [1.82, 2.24) is 0 Å². The van der Waals surface area contributed by atoms with Crippen molar-refractivity contribution in [2.24, 2.45) is 0 Å². The maximum atomic E-state index is 12.4. The molecule has 0 heterocycles. The van der Waals surface area contributed by atoms with Crippen LogP contribution in [0.5, 0.6) is 11.5 Å². The smallest absolute Gasteiger partial charge is 0.196 e. The molecular weight excluding hydrogens is 332 g/mol. The van der Waals surface area contributed by atoms with Gasteiger partial charge in [0.1, 0.15) is 11.5 Å². The van der Waals surface area contributed by atoms with E-state index < -0.39 is 0 Å². The number of aromatic hydroxyl groups is 1. The van der Waals surface area contributed by atoms with Gasteiger partial charge in [-0.25, -0.2) is 0 Å². The predicted molar refractivity (Wildman–Crippen MR) is 101 cm³/mol. The summed E-state index contributed by atoms with van der Waals surface area (Å²) in [6.07, 6.45) is 0.905. The summed E-state index contributed by atoms with van der Waals surface area (Å²) in [6.45, 7) is 0. The van der Waals surface area contributed by atoms with Gasteiger partial charge in [-0.3, -0.25) is 4.79 Å². The van der Waals surface area contributed by atoms with Gasteiger partial charge >= 0.3 is 0 Å². The summed E-state index contributed by atoms with van der Waals surface area (Å²) in [5.74, 6) is 1.05. The molecule has 3 aromatic rings. The van der Waals surface area contributed by atoms with E-state index in [-0.39, 0.29) is 17.1 Å². The molecule has 25 heavy (non-hydrogen) atoms. The highest BCUT2D eigenvalue weighted by atomic mass is 32.2. The standard InChI is InChI=1S/C21H18O3S/c22-20-15-18(24-25-14-13-16-7-3-1-4-8-16)11-12-19(20)21(23)17-9-5-2-6-10-17/h1-12,15,22H,13-14H2. The minimum Gasteiger partial charge on any atom is -0.507 e. The minimum atomic E-state index is -0.207. The molecule has 0 amide bonds. The fraction of sp³-hybridized carbons (Fsp3) is 0.0952. The first kappa shape index (κ1) is 17.1. The molecule has 0 unspecified atom stereocenters. The number of phenols is 1. The number of carbonyl (C=O) groups excluding carboxylic acids is 1. The Labute approximate surface area is 151 Å². The highest BCUT2D eigenvalue weighted by molar-refractivity contribution is 7.95. The van der Waals surface area contributed by atoms with Gasteiger partial charge in [0.15, 0.2) is 5.78 Å². The Balaban J connectivity index is 1.57. The van der Waals surface area contributed by atoms with Crippen molar-refractivity contribution in [2.75, 3.05) is 5.75 Å². The summed E-state index contributed by atoms with van der Waals surface area (Å²) < 4.78 is 5.59. The van der Waals surface area contributed by atoms with E-state index in [4.69, 9.17) is 4.18 Å². The Morgan fingerprint density at radius 2 is 1.60 bits per heavy atom. The lowest BCUT2D eigenvalue weighted by Crippen LogP contribution is -2.01. The molecule has 0 bridgehead atoms. The van der Waals surface area contributed by atoms with E-state index in [1.807, 2.05) is 24.3 Å². The third-order valence-corrected chi connectivity index (χ3v) is 4.40. The number of ketones is 1. The first-order valence-corrected chi connectivity index (χ1v) is 8.91. The van der Waals surface area contributed by atoms with Crippen LogP contribution >= 0.6 is 12.0 Å². The van der Waals surface area contributed by atoms with E-state index in [2.05, 4.69) is 12.1 Å². The fourth-order valence-electron chi connectivity index (χ4n) is 2.41. The summed E-state index contributed by atoms with van der Waals surface area (Å²) in [7, 11) is 0. The van der Waals surface area contributed by atoms with Gasteiger partial charge in [-0.1, -0.05) is 60.7 Å². The van der Waals surface area contributed by atoms with E-state index in [9.17, 15) is 9.90 Å². The normalized spacial score (nSPS) is 10.4. The van der Waals surface area contributed by atoms with Crippen molar-refractivity contribution in [3.8, 4) is 11.5 Å². The highest BCUT2D eigenvalue weighted by Gasteiger charge is 2.14. The largest absolute Gasteiger partial charge is 0.507 e. The first-order valence-electron chi connectivity index (χ1n) is 8.00. The minimum absolute atomic E-state index is 0.0741. The average molecular weight is 350 g/mol. The number of aryl methyl sites for hydroxylation is 1. The molecule has 0 aliphatic carbocycles. The number of benzene rings is 3. The Morgan fingerprint density at radius 3 is 2.28 bits per heavy atom. The summed E-state index contributed by atoms with van der Waals surface area (Å²) in [5.41, 5.74) is 2.07. The lowest BCUT2D eigenvalue weighted by Gasteiger charge is -2.08. The van der Waals surface area contributed by atoms with Crippen molar-refractivity contribution in [1.29, 1.82) is 0 Å². The van der Waals surface area contributed by atoms with Gasteiger partial charge in [-0.2, -0.15) is 0 Å². The monoisotopic (exact) mass is 350 g/mol. The van der Waals surface area contributed by atoms with Gasteiger partial charge in [0.25, 0.3) is 0 Å². The zero-order valence-electron chi connectivity index (χ0n) is 13.6. The number of phenolic OH excluding ortho intramolecular Hbond substituents is 1. The molecule has 0 fully saturated rings. The third kappa shape index (κ3) is 4.64. The van der Waals surface area contributed by atoms with Crippen molar-refractivity contribution in [2.45, 2.75) is 6.42 Å². The molecule has 1 N–H and O–H groups in total. The highest BCUT2D eigenvalue weighted by Crippen LogP contribution is 2.27. The lowest BCUT2D eigenvalue weighted by molar-refractivity contribution is 0.103. The molecule has 0 saturated carbocycles. The van der Waals surface area contributed by atoms with Crippen LogP contribution < -0.4 is 4.18 Å². The number of carbonyl (C=O) groups is 1. The molecule has 126 valence electrons. The van der Waals surface area contributed by atoms with Crippen LogP contribution in [0, 0.1) is 0 Å². The Hall–Kier alpha value is -2.72. The van der Waals surface area contributed by atoms with Crippen LogP contribution in [-0.2, 0) is 6.42 Å².